The summed E-state index contributed by atoms with van der Waals surface area (Å²) in [6, 6.07) is 4.86. The van der Waals surface area contributed by atoms with Crippen molar-refractivity contribution in [2.75, 3.05) is 44.3 Å². The van der Waals surface area contributed by atoms with Crippen LogP contribution in [0.3, 0.4) is 0 Å². The van der Waals surface area contributed by atoms with Crippen LogP contribution in [-0.2, 0) is 11.8 Å². The Morgan fingerprint density at radius 1 is 1.36 bits per heavy atom. The number of hydrogen-bond acceptors (Lipinski definition) is 6. The molecule has 4 rings (SSSR count). The zero-order valence-electron chi connectivity index (χ0n) is 15.7. The van der Waals surface area contributed by atoms with Crippen LogP contribution in [0.25, 0.3) is 10.2 Å². The summed E-state index contributed by atoms with van der Waals surface area (Å²) in [5.74, 6) is -0.266. The lowest BCUT2D eigenvalue weighted by Crippen LogP contribution is -2.39. The predicted octanol–water partition coefficient (Wildman–Crippen LogP) is 2.54. The van der Waals surface area contributed by atoms with Gasteiger partial charge in [0.2, 0.25) is 0 Å². The summed E-state index contributed by atoms with van der Waals surface area (Å²) in [5.41, 5.74) is 0.299. The van der Waals surface area contributed by atoms with Crippen LogP contribution in [0.4, 0.5) is 9.52 Å². The summed E-state index contributed by atoms with van der Waals surface area (Å²) in [4.78, 5) is 25.7. The summed E-state index contributed by atoms with van der Waals surface area (Å²) in [7, 11) is 1.78. The highest BCUT2D eigenvalue weighted by Gasteiger charge is 2.25. The molecule has 0 N–H and O–H groups in total. The molecule has 0 unspecified atom stereocenters. The first-order valence-corrected chi connectivity index (χ1v) is 10.1. The number of fused-ring (bicyclic) bond motifs is 1. The first kappa shape index (κ1) is 19.0. The summed E-state index contributed by atoms with van der Waals surface area (Å²) in [6.07, 6.45) is 4.11. The second-order valence-corrected chi connectivity index (χ2v) is 7.72. The van der Waals surface area contributed by atoms with Gasteiger partial charge >= 0.3 is 0 Å². The minimum Gasteiger partial charge on any atom is -0.379 e. The van der Waals surface area contributed by atoms with E-state index < -0.39 is 0 Å². The molecule has 9 heteroatoms. The number of anilines is 1. The van der Waals surface area contributed by atoms with Crippen molar-refractivity contribution in [1.29, 1.82) is 0 Å². The Labute approximate surface area is 166 Å². The molecule has 0 saturated carbocycles. The zero-order chi connectivity index (χ0) is 19.5. The van der Waals surface area contributed by atoms with Crippen molar-refractivity contribution in [3.8, 4) is 0 Å². The normalized spacial score (nSPS) is 15.2. The van der Waals surface area contributed by atoms with Gasteiger partial charge in [0, 0.05) is 45.6 Å². The van der Waals surface area contributed by atoms with Crippen LogP contribution in [0.15, 0.2) is 30.6 Å². The van der Waals surface area contributed by atoms with E-state index in [0.717, 1.165) is 44.0 Å². The molecule has 2 aromatic heterocycles. The van der Waals surface area contributed by atoms with Gasteiger partial charge in [-0.15, -0.1) is 0 Å². The van der Waals surface area contributed by atoms with Gasteiger partial charge in [0.15, 0.2) is 11.0 Å². The topological polar surface area (TPSA) is 63.5 Å². The maximum atomic E-state index is 14.1. The minimum absolute atomic E-state index is 0.228. The Morgan fingerprint density at radius 3 is 2.89 bits per heavy atom. The molecule has 0 aliphatic carbocycles. The van der Waals surface area contributed by atoms with E-state index >= 15 is 0 Å². The maximum Gasteiger partial charge on any atom is 0.296 e. The Hall–Kier alpha value is -2.36. The number of halogens is 1. The third kappa shape index (κ3) is 3.91. The Balaban J connectivity index is 1.57. The quantitative estimate of drug-likeness (QED) is 0.633. The van der Waals surface area contributed by atoms with Crippen LogP contribution in [0.5, 0.6) is 0 Å². The Bertz CT molecular complexity index is 966. The van der Waals surface area contributed by atoms with Gasteiger partial charge in [-0.2, -0.15) is 0 Å². The molecule has 7 nitrogen and oxygen atoms in total. The number of aryl methyl sites for hydroxylation is 1. The maximum absolute atomic E-state index is 14.1. The zero-order valence-corrected chi connectivity index (χ0v) is 16.5. The van der Waals surface area contributed by atoms with Crippen LogP contribution in [0.2, 0.25) is 0 Å². The number of hydrogen-bond donors (Lipinski definition) is 0. The van der Waals surface area contributed by atoms with Gasteiger partial charge < -0.3 is 9.30 Å². The molecule has 1 aliphatic rings. The Morgan fingerprint density at radius 2 is 2.18 bits per heavy atom. The van der Waals surface area contributed by atoms with Gasteiger partial charge in [0.05, 0.1) is 17.9 Å². The monoisotopic (exact) mass is 403 g/mol. The van der Waals surface area contributed by atoms with E-state index in [-0.39, 0.29) is 11.7 Å². The predicted molar refractivity (Wildman–Crippen MR) is 106 cm³/mol. The molecule has 1 aromatic carbocycles. The van der Waals surface area contributed by atoms with Crippen LogP contribution in [0.1, 0.15) is 17.0 Å². The SMILES string of the molecule is Cn1ccnc1C(=O)N(CCCN1CCOCC1)c1nc2c(F)cccc2s1. The van der Waals surface area contributed by atoms with Crippen molar-refractivity contribution >= 4 is 32.6 Å². The van der Waals surface area contributed by atoms with Crippen molar-refractivity contribution in [3.63, 3.8) is 0 Å². The van der Waals surface area contributed by atoms with Crippen molar-refractivity contribution in [3.05, 3.63) is 42.2 Å². The largest absolute Gasteiger partial charge is 0.379 e. The van der Waals surface area contributed by atoms with Gasteiger partial charge in [-0.3, -0.25) is 14.6 Å². The lowest BCUT2D eigenvalue weighted by molar-refractivity contribution is 0.0376. The average molecular weight is 403 g/mol. The molecule has 3 heterocycles. The highest BCUT2D eigenvalue weighted by Crippen LogP contribution is 2.31. The Kier molecular flexibility index (Phi) is 5.65. The molecule has 1 amide bonds. The number of amides is 1. The van der Waals surface area contributed by atoms with E-state index in [2.05, 4.69) is 14.9 Å². The third-order valence-electron chi connectivity index (χ3n) is 4.81. The van der Waals surface area contributed by atoms with Crippen molar-refractivity contribution in [1.82, 2.24) is 19.4 Å². The molecule has 1 aliphatic heterocycles. The highest BCUT2D eigenvalue weighted by molar-refractivity contribution is 7.22. The number of ether oxygens (including phenoxy) is 1. The molecule has 28 heavy (non-hydrogen) atoms. The molecule has 0 radical (unpaired) electrons. The van der Waals surface area contributed by atoms with Gasteiger partial charge in [0.25, 0.3) is 5.91 Å². The molecule has 3 aromatic rings. The van der Waals surface area contributed by atoms with E-state index in [4.69, 9.17) is 4.74 Å². The van der Waals surface area contributed by atoms with Crippen LogP contribution in [-0.4, -0.2) is 64.7 Å². The molecule has 0 bridgehead atoms. The van der Waals surface area contributed by atoms with Crippen molar-refractivity contribution in [2.45, 2.75) is 6.42 Å². The average Bonchev–Trinajstić information content (AvgIpc) is 3.32. The summed E-state index contributed by atoms with van der Waals surface area (Å²) >= 11 is 1.32. The number of nitrogens with zero attached hydrogens (tertiary/aromatic N) is 5. The van der Waals surface area contributed by atoms with E-state index in [9.17, 15) is 9.18 Å². The number of para-hydroxylation sites is 1. The van der Waals surface area contributed by atoms with E-state index in [1.54, 1.807) is 35.0 Å². The number of thiazole rings is 1. The second kappa shape index (κ2) is 8.34. The van der Waals surface area contributed by atoms with Crippen LogP contribution in [0, 0.1) is 5.82 Å². The lowest BCUT2D eigenvalue weighted by atomic mass is 10.3. The number of carbonyl (C=O) groups is 1. The van der Waals surface area contributed by atoms with Crippen molar-refractivity contribution in [2.24, 2.45) is 7.05 Å². The molecule has 1 saturated heterocycles. The van der Waals surface area contributed by atoms with Gasteiger partial charge in [0.1, 0.15) is 11.3 Å². The molecule has 0 spiro atoms. The fraction of sp³-hybridized carbons (Fsp3) is 0.421. The number of imidazole rings is 1. The van der Waals surface area contributed by atoms with Crippen molar-refractivity contribution < 1.29 is 13.9 Å². The van der Waals surface area contributed by atoms with E-state index in [1.165, 1.54) is 17.4 Å². The first-order valence-electron chi connectivity index (χ1n) is 9.28. The number of aromatic nitrogens is 3. The third-order valence-corrected chi connectivity index (χ3v) is 5.85. The standard InChI is InChI=1S/C19H22FN5O2S/c1-23-9-6-21-17(23)18(26)25(8-3-7-24-10-12-27-13-11-24)19-22-16-14(20)4-2-5-15(16)28-19/h2,4-6,9H,3,7-8,10-13H2,1H3. The number of benzene rings is 1. The summed E-state index contributed by atoms with van der Waals surface area (Å²) in [6.45, 7) is 4.65. The molecular weight excluding hydrogens is 381 g/mol. The van der Waals surface area contributed by atoms with E-state index in [0.29, 0.717) is 23.0 Å². The summed E-state index contributed by atoms with van der Waals surface area (Å²) < 4.78 is 21.9. The smallest absolute Gasteiger partial charge is 0.296 e. The van der Waals surface area contributed by atoms with Gasteiger partial charge in [-0.25, -0.2) is 14.4 Å². The number of carbonyl (C=O) groups excluding carboxylic acids is 1. The first-order chi connectivity index (χ1) is 13.6. The highest BCUT2D eigenvalue weighted by atomic mass is 32.1. The summed E-state index contributed by atoms with van der Waals surface area (Å²) in [5, 5.41) is 0.495. The van der Waals surface area contributed by atoms with Crippen LogP contribution >= 0.6 is 11.3 Å². The molecule has 0 atom stereocenters. The van der Waals surface area contributed by atoms with E-state index in [1.807, 2.05) is 6.07 Å². The number of rotatable bonds is 6. The second-order valence-electron chi connectivity index (χ2n) is 6.71. The number of morpholine rings is 1. The van der Waals surface area contributed by atoms with Gasteiger partial charge in [-0.05, 0) is 18.6 Å². The minimum atomic E-state index is -0.377. The fourth-order valence-corrected chi connectivity index (χ4v) is 4.28. The van der Waals surface area contributed by atoms with Crippen LogP contribution < -0.4 is 4.90 Å². The lowest BCUT2D eigenvalue weighted by Gasteiger charge is -2.27. The van der Waals surface area contributed by atoms with Gasteiger partial charge in [-0.1, -0.05) is 17.4 Å². The fourth-order valence-electron chi connectivity index (χ4n) is 3.27. The molecular formula is C19H22FN5O2S. The molecule has 148 valence electrons. The molecule has 1 fully saturated rings.